The van der Waals surface area contributed by atoms with Gasteiger partial charge in [-0.3, -0.25) is 9.69 Å². The van der Waals surface area contributed by atoms with Crippen molar-refractivity contribution in [3.8, 4) is 0 Å². The van der Waals surface area contributed by atoms with Crippen LogP contribution in [0.15, 0.2) is 48.5 Å². The molecule has 0 aromatic heterocycles. The highest BCUT2D eigenvalue weighted by Crippen LogP contribution is 2.31. The highest BCUT2D eigenvalue weighted by atomic mass is 19.4. The van der Waals surface area contributed by atoms with Crippen LogP contribution in [0.3, 0.4) is 0 Å². The summed E-state index contributed by atoms with van der Waals surface area (Å²) in [5.74, 6) is 0.0530. The molecule has 1 aliphatic carbocycles. The second kappa shape index (κ2) is 9.01. The summed E-state index contributed by atoms with van der Waals surface area (Å²) < 4.78 is 38.3. The van der Waals surface area contributed by atoms with E-state index in [1.807, 2.05) is 6.92 Å². The van der Waals surface area contributed by atoms with Crippen molar-refractivity contribution >= 4 is 5.91 Å². The first-order valence-corrected chi connectivity index (χ1v) is 10.8. The number of halogens is 3. The number of nitrogens with one attached hydrogen (secondary N) is 2. The van der Waals surface area contributed by atoms with E-state index in [0.717, 1.165) is 37.1 Å². The van der Waals surface area contributed by atoms with E-state index < -0.39 is 11.7 Å². The molecular weight excluding hydrogens is 403 g/mol. The Morgan fingerprint density at radius 3 is 2.29 bits per heavy atom. The predicted molar refractivity (Wildman–Crippen MR) is 114 cm³/mol. The van der Waals surface area contributed by atoms with Crippen LogP contribution in [0, 0.1) is 0 Å². The van der Waals surface area contributed by atoms with Crippen molar-refractivity contribution in [2.24, 2.45) is 0 Å². The summed E-state index contributed by atoms with van der Waals surface area (Å²) in [5.41, 5.74) is 2.86. The number of carbonyl (C=O) groups is 1. The van der Waals surface area contributed by atoms with Gasteiger partial charge in [-0.1, -0.05) is 36.4 Å². The van der Waals surface area contributed by atoms with Crippen molar-refractivity contribution in [3.05, 3.63) is 70.8 Å². The molecule has 31 heavy (non-hydrogen) atoms. The molecule has 2 aromatic carbocycles. The van der Waals surface area contributed by atoms with Gasteiger partial charge < -0.3 is 10.6 Å². The largest absolute Gasteiger partial charge is 0.416 e. The fraction of sp³-hybridized carbons (Fsp3) is 0.458. The molecule has 1 heterocycles. The Kier molecular flexibility index (Phi) is 6.34. The van der Waals surface area contributed by atoms with E-state index in [-0.39, 0.29) is 18.0 Å². The van der Waals surface area contributed by atoms with Crippen LogP contribution in [0.2, 0.25) is 0 Å². The maximum Gasteiger partial charge on any atom is 0.416 e. The fourth-order valence-electron chi connectivity index (χ4n) is 4.81. The molecule has 2 aromatic rings. The van der Waals surface area contributed by atoms with Gasteiger partial charge in [0.05, 0.1) is 11.6 Å². The van der Waals surface area contributed by atoms with E-state index in [1.54, 1.807) is 0 Å². The van der Waals surface area contributed by atoms with Gasteiger partial charge in [-0.05, 0) is 55.0 Å². The van der Waals surface area contributed by atoms with Crippen LogP contribution >= 0.6 is 0 Å². The smallest absolute Gasteiger partial charge is 0.355 e. The second-order valence-electron chi connectivity index (χ2n) is 8.45. The lowest BCUT2D eigenvalue weighted by Gasteiger charge is -2.29. The zero-order valence-corrected chi connectivity index (χ0v) is 17.6. The number of likely N-dealkylation sites (N-methyl/N-ethyl adjacent to an activating group) is 1. The van der Waals surface area contributed by atoms with E-state index in [0.29, 0.717) is 25.6 Å². The molecule has 4 rings (SSSR count). The van der Waals surface area contributed by atoms with E-state index in [2.05, 4.69) is 39.8 Å². The zero-order chi connectivity index (χ0) is 22.0. The van der Waals surface area contributed by atoms with E-state index in [1.165, 1.54) is 23.3 Å². The van der Waals surface area contributed by atoms with Crippen LogP contribution in [-0.2, 0) is 30.4 Å². The van der Waals surface area contributed by atoms with E-state index >= 15 is 0 Å². The van der Waals surface area contributed by atoms with Crippen LogP contribution in [0.1, 0.15) is 35.6 Å². The third-order valence-electron chi connectivity index (χ3n) is 6.37. The number of alkyl halides is 3. The van der Waals surface area contributed by atoms with Gasteiger partial charge >= 0.3 is 6.18 Å². The Morgan fingerprint density at radius 1 is 1.06 bits per heavy atom. The Hall–Kier alpha value is -2.38. The minimum atomic E-state index is -4.32. The summed E-state index contributed by atoms with van der Waals surface area (Å²) in [6, 6.07) is 13.9. The number of rotatable bonds is 6. The SMILES string of the molecule is CCNC(=O)[C@@H]1C[C@@H](NCc2ccc(C(F)(F)F)cc2)CN1C1Cc2ccccc2C1. The number of hydrogen-bond donors (Lipinski definition) is 2. The topological polar surface area (TPSA) is 44.4 Å². The Labute approximate surface area is 180 Å². The highest BCUT2D eigenvalue weighted by Gasteiger charge is 2.41. The molecule has 1 fully saturated rings. The number of nitrogens with zero attached hydrogens (tertiary/aromatic N) is 1. The van der Waals surface area contributed by atoms with Gasteiger partial charge in [0, 0.05) is 31.7 Å². The number of hydrogen-bond acceptors (Lipinski definition) is 3. The molecule has 0 radical (unpaired) electrons. The van der Waals surface area contributed by atoms with Crippen molar-refractivity contribution in [2.75, 3.05) is 13.1 Å². The molecule has 1 amide bonds. The predicted octanol–water partition coefficient (Wildman–Crippen LogP) is 3.54. The molecule has 2 aliphatic rings. The van der Waals surface area contributed by atoms with Crippen LogP contribution in [-0.4, -0.2) is 42.0 Å². The van der Waals surface area contributed by atoms with Crippen molar-refractivity contribution in [3.63, 3.8) is 0 Å². The van der Waals surface area contributed by atoms with Gasteiger partial charge in [-0.15, -0.1) is 0 Å². The first-order chi connectivity index (χ1) is 14.8. The molecule has 2 N–H and O–H groups in total. The van der Waals surface area contributed by atoms with Crippen molar-refractivity contribution in [2.45, 2.75) is 57.0 Å². The standard InChI is InChI=1S/C24H28F3N3O/c1-2-28-23(31)22-13-20(29-14-16-7-9-19(10-8-16)24(25,26)27)15-30(22)21-11-17-5-3-4-6-18(17)12-21/h3-10,20-22,29H,2,11-15H2,1H3,(H,28,31)/t20-,22+/m1/s1. The Morgan fingerprint density at radius 2 is 1.71 bits per heavy atom. The van der Waals surface area contributed by atoms with Crippen LogP contribution < -0.4 is 10.6 Å². The maximum absolute atomic E-state index is 12.8. The quantitative estimate of drug-likeness (QED) is 0.736. The molecule has 4 nitrogen and oxygen atoms in total. The molecule has 0 unspecified atom stereocenters. The number of benzene rings is 2. The lowest BCUT2D eigenvalue weighted by molar-refractivity contribution is -0.137. The lowest BCUT2D eigenvalue weighted by atomic mass is 10.1. The molecule has 166 valence electrons. The summed E-state index contributed by atoms with van der Waals surface area (Å²) in [5, 5.41) is 6.42. The zero-order valence-electron chi connectivity index (χ0n) is 17.6. The molecule has 1 aliphatic heterocycles. The molecular formula is C24H28F3N3O. The summed E-state index contributed by atoms with van der Waals surface area (Å²) in [7, 11) is 0. The van der Waals surface area contributed by atoms with Crippen LogP contribution in [0.25, 0.3) is 0 Å². The molecule has 7 heteroatoms. The van der Waals surface area contributed by atoms with Gasteiger partial charge in [-0.2, -0.15) is 13.2 Å². The van der Waals surface area contributed by atoms with Crippen molar-refractivity contribution in [1.29, 1.82) is 0 Å². The number of amides is 1. The van der Waals surface area contributed by atoms with Crippen molar-refractivity contribution < 1.29 is 18.0 Å². The normalized spacial score (nSPS) is 21.9. The van der Waals surface area contributed by atoms with Gasteiger partial charge in [0.2, 0.25) is 5.91 Å². The lowest BCUT2D eigenvalue weighted by Crippen LogP contribution is -2.48. The van der Waals surface area contributed by atoms with Crippen LogP contribution in [0.4, 0.5) is 13.2 Å². The first-order valence-electron chi connectivity index (χ1n) is 10.8. The monoisotopic (exact) mass is 431 g/mol. The first kappa shape index (κ1) is 21.8. The Bertz CT molecular complexity index is 888. The third-order valence-corrected chi connectivity index (χ3v) is 6.37. The minimum absolute atomic E-state index is 0.0530. The number of fused-ring (bicyclic) bond motifs is 1. The Balaban J connectivity index is 1.41. The average Bonchev–Trinajstić information content (AvgIpc) is 3.36. The van der Waals surface area contributed by atoms with Gasteiger partial charge in [-0.25, -0.2) is 0 Å². The molecule has 2 atom stereocenters. The average molecular weight is 432 g/mol. The van der Waals surface area contributed by atoms with Gasteiger partial charge in [0.15, 0.2) is 0 Å². The van der Waals surface area contributed by atoms with Gasteiger partial charge in [0.1, 0.15) is 0 Å². The molecule has 1 saturated heterocycles. The fourth-order valence-corrected chi connectivity index (χ4v) is 4.81. The number of likely N-dealkylation sites (tertiary alicyclic amines) is 1. The summed E-state index contributed by atoms with van der Waals surface area (Å²) in [4.78, 5) is 15.1. The van der Waals surface area contributed by atoms with Crippen molar-refractivity contribution in [1.82, 2.24) is 15.5 Å². The van der Waals surface area contributed by atoms with E-state index in [9.17, 15) is 18.0 Å². The van der Waals surface area contributed by atoms with E-state index in [4.69, 9.17) is 0 Å². The minimum Gasteiger partial charge on any atom is -0.355 e. The molecule has 0 saturated carbocycles. The summed E-state index contributed by atoms with van der Waals surface area (Å²) in [6.07, 6.45) is -1.74. The summed E-state index contributed by atoms with van der Waals surface area (Å²) >= 11 is 0. The number of carbonyl (C=O) groups excluding carboxylic acids is 1. The molecule has 0 bridgehead atoms. The highest BCUT2D eigenvalue weighted by molar-refractivity contribution is 5.82. The van der Waals surface area contributed by atoms with Gasteiger partial charge in [0.25, 0.3) is 0 Å². The van der Waals surface area contributed by atoms with Crippen LogP contribution in [0.5, 0.6) is 0 Å². The molecule has 0 spiro atoms. The third kappa shape index (κ3) is 4.93. The summed E-state index contributed by atoms with van der Waals surface area (Å²) in [6.45, 7) is 3.74. The second-order valence-corrected chi connectivity index (χ2v) is 8.45. The maximum atomic E-state index is 12.8.